The zero-order valence-corrected chi connectivity index (χ0v) is 9.02. The van der Waals surface area contributed by atoms with Crippen LogP contribution >= 0.6 is 0 Å². The summed E-state index contributed by atoms with van der Waals surface area (Å²) < 4.78 is 22.6. The van der Waals surface area contributed by atoms with Crippen molar-refractivity contribution in [3.05, 3.63) is 27.6 Å². The fourth-order valence-corrected chi connectivity index (χ4v) is 1.25. The maximum absolute atomic E-state index is 13.6. The van der Waals surface area contributed by atoms with Crippen molar-refractivity contribution in [2.45, 2.75) is 0 Å². The molecule has 0 fully saturated rings. The lowest BCUT2D eigenvalue weighted by molar-refractivity contribution is -0.384. The van der Waals surface area contributed by atoms with Crippen molar-refractivity contribution in [2.24, 2.45) is 0 Å². The minimum Gasteiger partial charge on any atom is -0.493 e. The molecule has 0 saturated carbocycles. The van der Waals surface area contributed by atoms with E-state index in [0.717, 1.165) is 20.3 Å². The molecule has 0 radical (unpaired) electrons. The number of ether oxygens (including phenoxy) is 2. The number of anilines is 1. The number of carbonyl (C=O) groups excluding carboxylic acids is 1. The third-order valence-corrected chi connectivity index (χ3v) is 2.04. The number of hydrogen-bond acceptors (Lipinski definition) is 6. The topological polar surface area (TPSA) is 105 Å². The first-order chi connectivity index (χ1) is 7.93. The van der Waals surface area contributed by atoms with Gasteiger partial charge in [0.2, 0.25) is 0 Å². The second-order valence-corrected chi connectivity index (χ2v) is 2.95. The molecule has 0 aromatic heterocycles. The Hall–Kier alpha value is -2.38. The van der Waals surface area contributed by atoms with E-state index < -0.39 is 39.4 Å². The molecule has 2 N–H and O–H groups in total. The normalized spacial score (nSPS) is 9.82. The Balaban J connectivity index is 3.58. The van der Waals surface area contributed by atoms with Crippen LogP contribution in [-0.2, 0) is 4.74 Å². The van der Waals surface area contributed by atoms with Crippen LogP contribution < -0.4 is 10.5 Å². The maximum atomic E-state index is 13.6. The molecule has 0 atom stereocenters. The number of benzene rings is 1. The quantitative estimate of drug-likeness (QED) is 0.369. The summed E-state index contributed by atoms with van der Waals surface area (Å²) in [6.07, 6.45) is 0. The van der Waals surface area contributed by atoms with Crippen LogP contribution in [0.3, 0.4) is 0 Å². The number of nitrogens with two attached hydrogens (primary N) is 1. The van der Waals surface area contributed by atoms with Crippen LogP contribution in [0.15, 0.2) is 6.07 Å². The lowest BCUT2D eigenvalue weighted by atomic mass is 10.1. The smallest absolute Gasteiger partial charge is 0.342 e. The van der Waals surface area contributed by atoms with Crippen molar-refractivity contribution < 1.29 is 23.6 Å². The molecule has 92 valence electrons. The van der Waals surface area contributed by atoms with Crippen LogP contribution in [0.25, 0.3) is 0 Å². The van der Waals surface area contributed by atoms with Gasteiger partial charge >= 0.3 is 5.97 Å². The van der Waals surface area contributed by atoms with Gasteiger partial charge in [-0.05, 0) is 0 Å². The van der Waals surface area contributed by atoms with E-state index in [9.17, 15) is 19.3 Å². The molecular weight excluding hydrogens is 235 g/mol. The molecule has 0 amide bonds. The van der Waals surface area contributed by atoms with Crippen LogP contribution in [0.4, 0.5) is 15.8 Å². The summed E-state index contributed by atoms with van der Waals surface area (Å²) in [7, 11) is 2.16. The third kappa shape index (κ3) is 2.10. The fourth-order valence-electron chi connectivity index (χ4n) is 1.25. The summed E-state index contributed by atoms with van der Waals surface area (Å²) in [5, 5.41) is 10.6. The van der Waals surface area contributed by atoms with Gasteiger partial charge in [-0.25, -0.2) is 9.18 Å². The average molecular weight is 244 g/mol. The fraction of sp³-hybridized carbons (Fsp3) is 0.222. The highest BCUT2D eigenvalue weighted by Crippen LogP contribution is 2.35. The number of rotatable bonds is 3. The number of esters is 1. The minimum absolute atomic E-state index is 0.395. The van der Waals surface area contributed by atoms with Gasteiger partial charge in [0.05, 0.1) is 19.1 Å². The SMILES string of the molecule is COC(=O)c1cc([N+](=O)[O-])c(N)c(F)c1OC. The molecule has 0 aliphatic carbocycles. The van der Waals surface area contributed by atoms with E-state index in [1.807, 2.05) is 0 Å². The van der Waals surface area contributed by atoms with Gasteiger partial charge in [-0.3, -0.25) is 10.1 Å². The Labute approximate surface area is 95.1 Å². The molecule has 1 aromatic carbocycles. The number of carbonyl (C=O) groups is 1. The molecule has 0 heterocycles. The van der Waals surface area contributed by atoms with Crippen molar-refractivity contribution in [1.82, 2.24) is 0 Å². The predicted molar refractivity (Wildman–Crippen MR) is 55.4 cm³/mol. The van der Waals surface area contributed by atoms with Crippen molar-refractivity contribution in [1.29, 1.82) is 0 Å². The molecule has 0 aliphatic rings. The number of nitrogens with zero attached hydrogens (tertiary/aromatic N) is 1. The number of nitro groups is 1. The number of nitrogen functional groups attached to an aromatic ring is 1. The highest BCUT2D eigenvalue weighted by atomic mass is 19.1. The lowest BCUT2D eigenvalue weighted by Crippen LogP contribution is -2.09. The zero-order valence-electron chi connectivity index (χ0n) is 9.02. The Bertz CT molecular complexity index is 489. The van der Waals surface area contributed by atoms with E-state index in [4.69, 9.17) is 5.73 Å². The van der Waals surface area contributed by atoms with Crippen LogP contribution in [0.5, 0.6) is 5.75 Å². The molecule has 1 aromatic rings. The molecular formula is C9H9FN2O5. The maximum Gasteiger partial charge on any atom is 0.342 e. The molecule has 7 nitrogen and oxygen atoms in total. The van der Waals surface area contributed by atoms with Crippen LogP contribution in [0.2, 0.25) is 0 Å². The van der Waals surface area contributed by atoms with E-state index in [1.165, 1.54) is 0 Å². The van der Waals surface area contributed by atoms with Gasteiger partial charge in [-0.15, -0.1) is 0 Å². The summed E-state index contributed by atoms with van der Waals surface area (Å²) in [6, 6.07) is 0.809. The number of halogens is 1. The molecule has 0 saturated heterocycles. The number of methoxy groups -OCH3 is 2. The minimum atomic E-state index is -1.16. The summed E-state index contributed by atoms with van der Waals surface area (Å²) in [4.78, 5) is 21.0. The first kappa shape index (κ1) is 12.7. The molecule has 0 spiro atoms. The summed E-state index contributed by atoms with van der Waals surface area (Å²) in [5.41, 5.74) is 3.41. The van der Waals surface area contributed by atoms with Gasteiger partial charge < -0.3 is 15.2 Å². The largest absolute Gasteiger partial charge is 0.493 e. The first-order valence-corrected chi connectivity index (χ1v) is 4.32. The standard InChI is InChI=1S/C9H9FN2O5/c1-16-8-4(9(13)17-2)3-5(12(14)15)7(11)6(8)10/h3H,11H2,1-2H3. The molecule has 1 rings (SSSR count). The number of hydrogen-bond donors (Lipinski definition) is 1. The molecule has 0 aliphatic heterocycles. The van der Waals surface area contributed by atoms with Crippen LogP contribution in [0.1, 0.15) is 10.4 Å². The van der Waals surface area contributed by atoms with E-state index in [0.29, 0.717) is 0 Å². The average Bonchev–Trinajstić information content (AvgIpc) is 2.30. The predicted octanol–water partition coefficient (Wildman–Crippen LogP) is 1.11. The van der Waals surface area contributed by atoms with E-state index in [-0.39, 0.29) is 0 Å². The highest BCUT2D eigenvalue weighted by Gasteiger charge is 2.27. The lowest BCUT2D eigenvalue weighted by Gasteiger charge is -2.09. The number of nitro benzene ring substituents is 1. The Morgan fingerprint density at radius 3 is 2.53 bits per heavy atom. The second kappa shape index (κ2) is 4.64. The Kier molecular flexibility index (Phi) is 3.46. The second-order valence-electron chi connectivity index (χ2n) is 2.95. The van der Waals surface area contributed by atoms with Gasteiger partial charge in [0, 0.05) is 6.07 Å². The first-order valence-electron chi connectivity index (χ1n) is 4.32. The summed E-state index contributed by atoms with van der Waals surface area (Å²) in [5.74, 6) is -2.61. The molecule has 8 heteroatoms. The highest BCUT2D eigenvalue weighted by molar-refractivity contribution is 5.94. The monoisotopic (exact) mass is 244 g/mol. The van der Waals surface area contributed by atoms with Gasteiger partial charge in [-0.1, -0.05) is 0 Å². The zero-order chi connectivity index (χ0) is 13.2. The molecule has 0 unspecified atom stereocenters. The van der Waals surface area contributed by atoms with Crippen LogP contribution in [0, 0.1) is 15.9 Å². The Morgan fingerprint density at radius 1 is 1.53 bits per heavy atom. The summed E-state index contributed by atoms with van der Waals surface area (Å²) >= 11 is 0. The van der Waals surface area contributed by atoms with Gasteiger partial charge in [-0.2, -0.15) is 0 Å². The third-order valence-electron chi connectivity index (χ3n) is 2.04. The van der Waals surface area contributed by atoms with Crippen molar-refractivity contribution >= 4 is 17.3 Å². The van der Waals surface area contributed by atoms with Gasteiger partial charge in [0.25, 0.3) is 5.69 Å². The Morgan fingerprint density at radius 2 is 2.12 bits per heavy atom. The van der Waals surface area contributed by atoms with E-state index in [2.05, 4.69) is 9.47 Å². The van der Waals surface area contributed by atoms with Crippen LogP contribution in [-0.4, -0.2) is 25.1 Å². The molecule has 0 bridgehead atoms. The summed E-state index contributed by atoms with van der Waals surface area (Å²) in [6.45, 7) is 0. The van der Waals surface area contributed by atoms with E-state index in [1.54, 1.807) is 0 Å². The van der Waals surface area contributed by atoms with Crippen molar-refractivity contribution in [3.8, 4) is 5.75 Å². The van der Waals surface area contributed by atoms with Crippen molar-refractivity contribution in [2.75, 3.05) is 20.0 Å². The van der Waals surface area contributed by atoms with E-state index >= 15 is 0 Å². The molecule has 17 heavy (non-hydrogen) atoms. The van der Waals surface area contributed by atoms with Gasteiger partial charge in [0.1, 0.15) is 5.56 Å². The van der Waals surface area contributed by atoms with Gasteiger partial charge in [0.15, 0.2) is 17.3 Å². The van der Waals surface area contributed by atoms with Crippen molar-refractivity contribution in [3.63, 3.8) is 0 Å².